The summed E-state index contributed by atoms with van der Waals surface area (Å²) in [5, 5.41) is 0. The molecule has 2 rings (SSSR count). The predicted molar refractivity (Wildman–Crippen MR) is 64.6 cm³/mol. The number of nitrogens with two attached hydrogens (primary N) is 1. The first kappa shape index (κ1) is 11.4. The fourth-order valence-electron chi connectivity index (χ4n) is 2.43. The van der Waals surface area contributed by atoms with Crippen LogP contribution in [0.5, 0.6) is 5.75 Å². The van der Waals surface area contributed by atoms with E-state index in [9.17, 15) is 0 Å². The minimum absolute atomic E-state index is 0.356. The average Bonchev–Trinajstić information content (AvgIpc) is 2.30. The Hall–Kier alpha value is -1.09. The quantitative estimate of drug-likeness (QED) is 0.851. The lowest BCUT2D eigenvalue weighted by atomic mass is 9.82. The zero-order valence-corrected chi connectivity index (χ0v) is 9.86. The van der Waals surface area contributed by atoms with Gasteiger partial charge in [0.05, 0.1) is 12.8 Å². The molecule has 1 aliphatic carbocycles. The van der Waals surface area contributed by atoms with Crippen LogP contribution in [0.2, 0.25) is 0 Å². The van der Waals surface area contributed by atoms with E-state index in [-0.39, 0.29) is 0 Å². The second kappa shape index (κ2) is 5.30. The summed E-state index contributed by atoms with van der Waals surface area (Å²) in [7, 11) is 0. The Morgan fingerprint density at radius 3 is 3.06 bits per heavy atom. The Balaban J connectivity index is 2.09. The fraction of sp³-hybridized carbons (Fsp3) is 0.615. The molecule has 0 saturated heterocycles. The smallest absolute Gasteiger partial charge is 0.137 e. The van der Waals surface area contributed by atoms with Crippen molar-refractivity contribution in [2.24, 2.45) is 5.73 Å². The van der Waals surface area contributed by atoms with Crippen LogP contribution in [0.15, 0.2) is 18.5 Å². The van der Waals surface area contributed by atoms with E-state index in [2.05, 4.69) is 11.1 Å². The second-order valence-corrected chi connectivity index (χ2v) is 4.51. The van der Waals surface area contributed by atoms with Gasteiger partial charge in [0, 0.05) is 12.2 Å². The fourth-order valence-corrected chi connectivity index (χ4v) is 2.43. The largest absolute Gasteiger partial charge is 0.492 e. The number of ether oxygens (including phenoxy) is 1. The van der Waals surface area contributed by atoms with E-state index in [1.807, 2.05) is 13.1 Å². The number of hydrogen-bond donors (Lipinski definition) is 1. The van der Waals surface area contributed by atoms with Gasteiger partial charge >= 0.3 is 0 Å². The molecule has 0 radical (unpaired) electrons. The van der Waals surface area contributed by atoms with Crippen LogP contribution in [0.25, 0.3) is 0 Å². The first-order valence-electron chi connectivity index (χ1n) is 6.13. The molecule has 0 aromatic carbocycles. The molecule has 1 saturated carbocycles. The maximum atomic E-state index is 6.01. The molecule has 3 nitrogen and oxygen atoms in total. The molecule has 1 aromatic heterocycles. The summed E-state index contributed by atoms with van der Waals surface area (Å²) in [5.41, 5.74) is 7.29. The van der Waals surface area contributed by atoms with Crippen LogP contribution >= 0.6 is 0 Å². The highest BCUT2D eigenvalue weighted by Crippen LogP contribution is 2.32. The number of nitrogens with zero attached hydrogens (tertiary/aromatic N) is 1. The van der Waals surface area contributed by atoms with Crippen molar-refractivity contribution in [3.8, 4) is 5.75 Å². The standard InChI is InChI=1S/C13H20N2O/c1-2-16-13-7-11(8-15-9-13)10-4-3-5-12(14)6-10/h7-10,12H,2-6,14H2,1H3. The van der Waals surface area contributed by atoms with Crippen LogP contribution in [0, 0.1) is 0 Å². The van der Waals surface area contributed by atoms with E-state index in [4.69, 9.17) is 10.5 Å². The van der Waals surface area contributed by atoms with Crippen molar-refractivity contribution in [2.45, 2.75) is 44.6 Å². The summed E-state index contributed by atoms with van der Waals surface area (Å²) in [5.74, 6) is 1.44. The summed E-state index contributed by atoms with van der Waals surface area (Å²) < 4.78 is 5.47. The summed E-state index contributed by atoms with van der Waals surface area (Å²) in [6.45, 7) is 2.68. The molecular formula is C13H20N2O. The third-order valence-corrected chi connectivity index (χ3v) is 3.23. The van der Waals surface area contributed by atoms with Gasteiger partial charge in [-0.2, -0.15) is 0 Å². The van der Waals surface area contributed by atoms with Crippen LogP contribution in [-0.2, 0) is 0 Å². The predicted octanol–water partition coefficient (Wildman–Crippen LogP) is 2.47. The highest BCUT2D eigenvalue weighted by Gasteiger charge is 2.21. The summed E-state index contributed by atoms with van der Waals surface area (Å²) in [6.07, 6.45) is 8.42. The molecule has 1 fully saturated rings. The van der Waals surface area contributed by atoms with E-state index in [0.29, 0.717) is 18.6 Å². The highest BCUT2D eigenvalue weighted by atomic mass is 16.5. The Labute approximate surface area is 97.0 Å². The van der Waals surface area contributed by atoms with Gasteiger partial charge in [0.15, 0.2) is 0 Å². The maximum absolute atomic E-state index is 6.01. The molecule has 0 spiro atoms. The number of rotatable bonds is 3. The van der Waals surface area contributed by atoms with Gasteiger partial charge in [-0.3, -0.25) is 4.98 Å². The summed E-state index contributed by atoms with van der Waals surface area (Å²) in [4.78, 5) is 4.24. The van der Waals surface area contributed by atoms with E-state index in [0.717, 1.165) is 18.6 Å². The molecule has 0 bridgehead atoms. The number of pyridine rings is 1. The van der Waals surface area contributed by atoms with E-state index >= 15 is 0 Å². The second-order valence-electron chi connectivity index (χ2n) is 4.51. The Kier molecular flexibility index (Phi) is 3.78. The van der Waals surface area contributed by atoms with E-state index in [1.165, 1.54) is 18.4 Å². The van der Waals surface area contributed by atoms with Crippen molar-refractivity contribution in [1.29, 1.82) is 0 Å². The topological polar surface area (TPSA) is 48.1 Å². The normalized spacial score (nSPS) is 25.4. The lowest BCUT2D eigenvalue weighted by Crippen LogP contribution is -2.26. The van der Waals surface area contributed by atoms with Crippen molar-refractivity contribution in [2.75, 3.05) is 6.61 Å². The maximum Gasteiger partial charge on any atom is 0.137 e. The van der Waals surface area contributed by atoms with Crippen LogP contribution in [0.3, 0.4) is 0 Å². The lowest BCUT2D eigenvalue weighted by Gasteiger charge is -2.26. The molecule has 1 aromatic rings. The lowest BCUT2D eigenvalue weighted by molar-refractivity contribution is 0.336. The van der Waals surface area contributed by atoms with Gasteiger partial charge in [-0.1, -0.05) is 6.42 Å². The average molecular weight is 220 g/mol. The Bertz CT molecular complexity index is 340. The van der Waals surface area contributed by atoms with Gasteiger partial charge in [0.2, 0.25) is 0 Å². The Morgan fingerprint density at radius 2 is 2.31 bits per heavy atom. The first-order chi connectivity index (χ1) is 7.79. The molecule has 88 valence electrons. The third kappa shape index (κ3) is 2.73. The SMILES string of the molecule is CCOc1cncc(C2CCCC(N)C2)c1. The van der Waals surface area contributed by atoms with Gasteiger partial charge in [-0.05, 0) is 43.7 Å². The van der Waals surface area contributed by atoms with Crippen LogP contribution < -0.4 is 10.5 Å². The van der Waals surface area contributed by atoms with E-state index in [1.54, 1.807) is 6.20 Å². The van der Waals surface area contributed by atoms with Crippen molar-refractivity contribution in [3.63, 3.8) is 0 Å². The highest BCUT2D eigenvalue weighted by molar-refractivity contribution is 5.26. The van der Waals surface area contributed by atoms with Gasteiger partial charge in [0.1, 0.15) is 5.75 Å². The molecule has 0 aliphatic heterocycles. The molecular weight excluding hydrogens is 200 g/mol. The zero-order valence-electron chi connectivity index (χ0n) is 9.86. The summed E-state index contributed by atoms with van der Waals surface area (Å²) in [6, 6.07) is 2.47. The molecule has 2 unspecified atom stereocenters. The molecule has 16 heavy (non-hydrogen) atoms. The molecule has 3 heteroatoms. The van der Waals surface area contributed by atoms with Gasteiger partial charge in [0.25, 0.3) is 0 Å². The monoisotopic (exact) mass is 220 g/mol. The summed E-state index contributed by atoms with van der Waals surface area (Å²) >= 11 is 0. The Morgan fingerprint density at radius 1 is 1.44 bits per heavy atom. The van der Waals surface area contributed by atoms with Crippen molar-refractivity contribution >= 4 is 0 Å². The number of hydrogen-bond acceptors (Lipinski definition) is 3. The molecule has 0 amide bonds. The molecule has 1 heterocycles. The third-order valence-electron chi connectivity index (χ3n) is 3.23. The van der Waals surface area contributed by atoms with Crippen LogP contribution in [0.1, 0.15) is 44.1 Å². The number of aromatic nitrogens is 1. The minimum atomic E-state index is 0.356. The minimum Gasteiger partial charge on any atom is -0.492 e. The van der Waals surface area contributed by atoms with E-state index < -0.39 is 0 Å². The van der Waals surface area contributed by atoms with Crippen LogP contribution in [0.4, 0.5) is 0 Å². The first-order valence-corrected chi connectivity index (χ1v) is 6.13. The van der Waals surface area contributed by atoms with Crippen LogP contribution in [-0.4, -0.2) is 17.6 Å². The van der Waals surface area contributed by atoms with Crippen molar-refractivity contribution in [3.05, 3.63) is 24.0 Å². The van der Waals surface area contributed by atoms with Gasteiger partial charge in [-0.15, -0.1) is 0 Å². The molecule has 1 aliphatic rings. The van der Waals surface area contributed by atoms with Crippen molar-refractivity contribution < 1.29 is 4.74 Å². The van der Waals surface area contributed by atoms with Crippen molar-refractivity contribution in [1.82, 2.24) is 4.98 Å². The van der Waals surface area contributed by atoms with Gasteiger partial charge < -0.3 is 10.5 Å². The van der Waals surface area contributed by atoms with Gasteiger partial charge in [-0.25, -0.2) is 0 Å². The zero-order chi connectivity index (χ0) is 11.4. The molecule has 2 atom stereocenters. The molecule has 2 N–H and O–H groups in total.